The zero-order chi connectivity index (χ0) is 22.7. The van der Waals surface area contributed by atoms with Crippen LogP contribution in [0.25, 0.3) is 26.8 Å². The molecule has 2 N–H and O–H groups in total. The molecule has 3 aromatic heterocycles. The van der Waals surface area contributed by atoms with E-state index in [0.717, 1.165) is 52.0 Å². The number of fused-ring (bicyclic) bond motifs is 4. The third-order valence-electron chi connectivity index (χ3n) is 6.61. The zero-order valence-electron chi connectivity index (χ0n) is 18.5. The fourth-order valence-corrected chi connectivity index (χ4v) is 5.77. The van der Waals surface area contributed by atoms with Crippen molar-refractivity contribution in [2.75, 3.05) is 12.3 Å². The first-order valence-electron chi connectivity index (χ1n) is 11.2. The second kappa shape index (κ2) is 7.52. The Morgan fingerprint density at radius 2 is 1.97 bits per heavy atom. The lowest BCUT2D eigenvalue weighted by atomic mass is 9.89. The van der Waals surface area contributed by atoms with Gasteiger partial charge in [-0.15, -0.1) is 11.3 Å². The molecule has 1 fully saturated rings. The summed E-state index contributed by atoms with van der Waals surface area (Å²) in [4.78, 5) is 29.2. The summed E-state index contributed by atoms with van der Waals surface area (Å²) in [6, 6.07) is 12.1. The van der Waals surface area contributed by atoms with Crippen molar-refractivity contribution >= 4 is 49.8 Å². The molecule has 4 heterocycles. The molecule has 1 saturated heterocycles. The Balaban J connectivity index is 1.41. The first-order chi connectivity index (χ1) is 16.0. The third kappa shape index (κ3) is 3.33. The third-order valence-corrected chi connectivity index (χ3v) is 7.56. The molecule has 2 atom stereocenters. The summed E-state index contributed by atoms with van der Waals surface area (Å²) in [5.41, 5.74) is 11.2. The first-order valence-corrected chi connectivity index (χ1v) is 12.0. The van der Waals surface area contributed by atoms with Crippen molar-refractivity contribution in [2.24, 2.45) is 5.92 Å². The zero-order valence-corrected chi connectivity index (χ0v) is 19.3. The standard InChI is InChI=1S/C25H24N6OS/c1-14-3-7-20(16-5-8-23-19(9-16)28-15(2)33-23)30(12-14)25(32)17-4-6-18-21(10-17)31-13-27-11-22(31)24(26)29-18/h4-6,8-11,13-14,20H,3,7,12H2,1-2H3,(H2,26,29)/t14-,20+/m0/s1. The molecular weight excluding hydrogens is 432 g/mol. The van der Waals surface area contributed by atoms with Crippen LogP contribution in [0.5, 0.6) is 0 Å². The van der Waals surface area contributed by atoms with Crippen LogP contribution in [0.4, 0.5) is 5.82 Å². The quantitative estimate of drug-likeness (QED) is 0.404. The van der Waals surface area contributed by atoms with Crippen molar-refractivity contribution in [3.8, 4) is 0 Å². The minimum atomic E-state index is 0.0353. The molecule has 1 aliphatic rings. The van der Waals surface area contributed by atoms with Gasteiger partial charge in [0.2, 0.25) is 0 Å². The maximum atomic E-state index is 13.8. The number of aryl methyl sites for hydroxylation is 1. The molecular formula is C25H24N6OS. The first kappa shape index (κ1) is 20.1. The van der Waals surface area contributed by atoms with Crippen molar-refractivity contribution in [2.45, 2.75) is 32.7 Å². The SMILES string of the molecule is Cc1nc2cc([C@H]3CC[C@H](C)CN3C(=O)c3ccc4nc(N)c5cncn5c4c3)ccc2s1. The number of carbonyl (C=O) groups is 1. The van der Waals surface area contributed by atoms with E-state index >= 15 is 0 Å². The Morgan fingerprint density at radius 3 is 2.85 bits per heavy atom. The van der Waals surface area contributed by atoms with E-state index in [1.54, 1.807) is 23.9 Å². The molecule has 6 rings (SSSR count). The predicted octanol–water partition coefficient (Wildman–Crippen LogP) is 5.00. The highest BCUT2D eigenvalue weighted by molar-refractivity contribution is 7.18. The second-order valence-corrected chi connectivity index (χ2v) is 10.2. The average molecular weight is 457 g/mol. The second-order valence-electron chi connectivity index (χ2n) is 8.97. The van der Waals surface area contributed by atoms with Gasteiger partial charge in [0, 0.05) is 12.1 Å². The van der Waals surface area contributed by atoms with Gasteiger partial charge in [-0.1, -0.05) is 13.0 Å². The van der Waals surface area contributed by atoms with Crippen LogP contribution in [0.3, 0.4) is 0 Å². The molecule has 0 radical (unpaired) electrons. The number of imidazole rings is 1. The number of nitrogens with zero attached hydrogens (tertiary/aromatic N) is 5. The number of carbonyl (C=O) groups excluding carboxylic acids is 1. The smallest absolute Gasteiger partial charge is 0.254 e. The van der Waals surface area contributed by atoms with E-state index in [1.807, 2.05) is 34.4 Å². The van der Waals surface area contributed by atoms with Crippen LogP contribution in [-0.2, 0) is 0 Å². The van der Waals surface area contributed by atoms with Gasteiger partial charge in [-0.25, -0.2) is 15.0 Å². The summed E-state index contributed by atoms with van der Waals surface area (Å²) in [6.45, 7) is 4.98. The lowest BCUT2D eigenvalue weighted by Crippen LogP contribution is -2.41. The summed E-state index contributed by atoms with van der Waals surface area (Å²) < 4.78 is 3.08. The number of piperidine rings is 1. The summed E-state index contributed by atoms with van der Waals surface area (Å²) in [5, 5.41) is 1.06. The molecule has 7 nitrogen and oxygen atoms in total. The van der Waals surface area contributed by atoms with Crippen molar-refractivity contribution in [1.82, 2.24) is 24.3 Å². The highest BCUT2D eigenvalue weighted by Crippen LogP contribution is 2.36. The normalized spacial score (nSPS) is 19.0. The molecule has 8 heteroatoms. The fourth-order valence-electron chi connectivity index (χ4n) is 4.96. The number of nitrogen functional groups attached to an aromatic ring is 1. The maximum Gasteiger partial charge on any atom is 0.254 e. The number of rotatable bonds is 2. The summed E-state index contributed by atoms with van der Waals surface area (Å²) in [5.74, 6) is 0.919. The number of thiazole rings is 1. The predicted molar refractivity (Wildman–Crippen MR) is 131 cm³/mol. The van der Waals surface area contributed by atoms with E-state index in [2.05, 4.69) is 40.1 Å². The number of likely N-dealkylation sites (tertiary alicyclic amines) is 1. The topological polar surface area (TPSA) is 89.4 Å². The molecule has 0 saturated carbocycles. The van der Waals surface area contributed by atoms with E-state index in [0.29, 0.717) is 17.3 Å². The number of hydrogen-bond acceptors (Lipinski definition) is 6. The Morgan fingerprint density at radius 1 is 1.09 bits per heavy atom. The van der Waals surface area contributed by atoms with Crippen LogP contribution in [0.1, 0.15) is 46.7 Å². The Hall–Kier alpha value is -3.52. The molecule has 33 heavy (non-hydrogen) atoms. The lowest BCUT2D eigenvalue weighted by molar-refractivity contribution is 0.0545. The van der Waals surface area contributed by atoms with Gasteiger partial charge in [0.1, 0.15) is 11.3 Å². The molecule has 1 amide bonds. The highest BCUT2D eigenvalue weighted by atomic mass is 32.1. The molecule has 166 valence electrons. The molecule has 1 aliphatic heterocycles. The van der Waals surface area contributed by atoms with Crippen molar-refractivity contribution in [1.29, 1.82) is 0 Å². The molecule has 0 aliphatic carbocycles. The number of amides is 1. The van der Waals surface area contributed by atoms with E-state index in [9.17, 15) is 4.79 Å². The minimum absolute atomic E-state index is 0.0353. The molecule has 0 bridgehead atoms. The maximum absolute atomic E-state index is 13.8. The van der Waals surface area contributed by atoms with E-state index in [4.69, 9.17) is 5.73 Å². The van der Waals surface area contributed by atoms with Crippen LogP contribution in [0, 0.1) is 12.8 Å². The Kier molecular flexibility index (Phi) is 4.58. The molecule has 0 spiro atoms. The van der Waals surface area contributed by atoms with Gasteiger partial charge in [-0.3, -0.25) is 9.20 Å². The average Bonchev–Trinajstić information content (AvgIpc) is 3.44. The number of benzene rings is 2. The van der Waals surface area contributed by atoms with Crippen LogP contribution in [0.2, 0.25) is 0 Å². The van der Waals surface area contributed by atoms with Gasteiger partial charge in [-0.05, 0) is 61.6 Å². The van der Waals surface area contributed by atoms with Crippen LogP contribution in [-0.4, -0.2) is 36.7 Å². The largest absolute Gasteiger partial charge is 0.382 e. The number of anilines is 1. The Labute approximate surface area is 194 Å². The van der Waals surface area contributed by atoms with E-state index < -0.39 is 0 Å². The molecule has 0 unspecified atom stereocenters. The molecule has 5 aromatic rings. The van der Waals surface area contributed by atoms with Gasteiger partial charge in [-0.2, -0.15) is 0 Å². The van der Waals surface area contributed by atoms with Gasteiger partial charge < -0.3 is 10.6 Å². The number of aromatic nitrogens is 4. The minimum Gasteiger partial charge on any atom is -0.382 e. The van der Waals surface area contributed by atoms with Crippen LogP contribution >= 0.6 is 11.3 Å². The van der Waals surface area contributed by atoms with Gasteiger partial charge in [0.15, 0.2) is 0 Å². The van der Waals surface area contributed by atoms with Crippen molar-refractivity contribution in [3.05, 3.63) is 65.1 Å². The monoisotopic (exact) mass is 456 g/mol. The lowest BCUT2D eigenvalue weighted by Gasteiger charge is -2.39. The summed E-state index contributed by atoms with van der Waals surface area (Å²) >= 11 is 1.70. The van der Waals surface area contributed by atoms with Gasteiger partial charge in [0.05, 0.1) is 44.8 Å². The van der Waals surface area contributed by atoms with Gasteiger partial charge >= 0.3 is 0 Å². The van der Waals surface area contributed by atoms with Crippen molar-refractivity contribution in [3.63, 3.8) is 0 Å². The Bertz CT molecular complexity index is 1540. The molecule has 2 aromatic carbocycles. The highest BCUT2D eigenvalue weighted by Gasteiger charge is 2.32. The number of hydrogen-bond donors (Lipinski definition) is 1. The van der Waals surface area contributed by atoms with Crippen LogP contribution < -0.4 is 5.73 Å². The van der Waals surface area contributed by atoms with Crippen LogP contribution in [0.15, 0.2) is 48.9 Å². The number of nitrogens with two attached hydrogens (primary N) is 1. The van der Waals surface area contributed by atoms with E-state index in [-0.39, 0.29) is 11.9 Å². The summed E-state index contributed by atoms with van der Waals surface area (Å²) in [7, 11) is 0. The van der Waals surface area contributed by atoms with Gasteiger partial charge in [0.25, 0.3) is 5.91 Å². The van der Waals surface area contributed by atoms with Crippen molar-refractivity contribution < 1.29 is 4.79 Å². The summed E-state index contributed by atoms with van der Waals surface area (Å²) in [6.07, 6.45) is 5.44. The van der Waals surface area contributed by atoms with E-state index in [1.165, 1.54) is 4.70 Å². The fraction of sp³-hybridized carbons (Fsp3) is 0.280.